The first kappa shape index (κ1) is 14.0. The average molecular weight is 320 g/mol. The van der Waals surface area contributed by atoms with Crippen LogP contribution < -0.4 is 10.3 Å². The van der Waals surface area contributed by atoms with E-state index in [0.717, 1.165) is 28.0 Å². The molecule has 2 heterocycles. The molecule has 4 rings (SSSR count). The zero-order chi connectivity index (χ0) is 16.0. The molecule has 1 aliphatic heterocycles. The third kappa shape index (κ3) is 2.32. The van der Waals surface area contributed by atoms with Crippen LogP contribution in [-0.2, 0) is 0 Å². The van der Waals surface area contributed by atoms with E-state index >= 15 is 0 Å². The second kappa shape index (κ2) is 5.25. The molecule has 0 spiro atoms. The maximum atomic E-state index is 7.88. The molecule has 0 amide bonds. The van der Waals surface area contributed by atoms with E-state index in [9.17, 15) is 0 Å². The van der Waals surface area contributed by atoms with Gasteiger partial charge in [0.2, 0.25) is 0 Å². The topological polar surface area (TPSA) is 40.2 Å². The largest absolute Gasteiger partial charge is 0.456 e. The first-order valence-corrected chi connectivity index (χ1v) is 8.28. The summed E-state index contributed by atoms with van der Waals surface area (Å²) in [4.78, 5) is 3.27. The molecule has 3 nitrogen and oxygen atoms in total. The second-order valence-electron chi connectivity index (χ2n) is 5.74. The molecule has 0 fully saturated rings. The molecule has 0 saturated heterocycles. The Morgan fingerprint density at radius 1 is 1.04 bits per heavy atom. The van der Waals surface area contributed by atoms with Crippen LogP contribution in [0.25, 0.3) is 32.7 Å². The minimum Gasteiger partial charge on any atom is -0.456 e. The summed E-state index contributed by atoms with van der Waals surface area (Å²) in [5.74, 6) is 0.754. The van der Waals surface area contributed by atoms with Gasteiger partial charge >= 0.3 is 0 Å². The van der Waals surface area contributed by atoms with Gasteiger partial charge in [0.05, 0.1) is 5.36 Å². The van der Waals surface area contributed by atoms with Crippen LogP contribution in [0.3, 0.4) is 0 Å². The van der Waals surface area contributed by atoms with Gasteiger partial charge in [-0.2, -0.15) is 0 Å². The van der Waals surface area contributed by atoms with Gasteiger partial charge in [0.1, 0.15) is 11.3 Å². The van der Waals surface area contributed by atoms with Crippen LogP contribution in [0.4, 0.5) is 5.69 Å². The zero-order valence-electron chi connectivity index (χ0n) is 13.0. The van der Waals surface area contributed by atoms with Crippen molar-refractivity contribution in [3.63, 3.8) is 0 Å². The van der Waals surface area contributed by atoms with E-state index < -0.39 is 0 Å². The number of nitrogens with zero attached hydrogens (tertiary/aromatic N) is 1. The van der Waals surface area contributed by atoms with Gasteiger partial charge in [0.25, 0.3) is 0 Å². The van der Waals surface area contributed by atoms with Gasteiger partial charge in [-0.25, -0.2) is 0 Å². The average Bonchev–Trinajstić information content (AvgIpc) is 3.05. The Morgan fingerprint density at radius 2 is 1.91 bits per heavy atom. The van der Waals surface area contributed by atoms with E-state index in [1.165, 1.54) is 10.4 Å². The van der Waals surface area contributed by atoms with Crippen molar-refractivity contribution < 1.29 is 4.42 Å². The Balaban J connectivity index is 2.16. The van der Waals surface area contributed by atoms with Crippen molar-refractivity contribution in [3.8, 4) is 21.8 Å². The highest BCUT2D eigenvalue weighted by Crippen LogP contribution is 2.42. The van der Waals surface area contributed by atoms with Gasteiger partial charge < -0.3 is 14.7 Å². The summed E-state index contributed by atoms with van der Waals surface area (Å²) in [5.41, 5.74) is 4.17. The number of benzene rings is 2. The summed E-state index contributed by atoms with van der Waals surface area (Å²) in [7, 11) is 4.04. The highest BCUT2D eigenvalue weighted by atomic mass is 32.1. The number of rotatable bonds is 2. The maximum Gasteiger partial charge on any atom is 0.137 e. The zero-order valence-corrected chi connectivity index (χ0v) is 13.8. The van der Waals surface area contributed by atoms with Crippen molar-refractivity contribution in [2.24, 2.45) is 0 Å². The lowest BCUT2D eigenvalue weighted by molar-refractivity contribution is 0.619. The first-order chi connectivity index (χ1) is 11.1. The van der Waals surface area contributed by atoms with Gasteiger partial charge in [-0.05, 0) is 35.7 Å². The van der Waals surface area contributed by atoms with E-state index in [4.69, 9.17) is 9.83 Å². The number of anilines is 1. The summed E-state index contributed by atoms with van der Waals surface area (Å²) in [6.45, 7) is 0. The lowest BCUT2D eigenvalue weighted by Gasteiger charge is -2.17. The van der Waals surface area contributed by atoms with Crippen molar-refractivity contribution in [1.29, 1.82) is 5.41 Å². The van der Waals surface area contributed by atoms with E-state index in [0.29, 0.717) is 5.36 Å². The Morgan fingerprint density at radius 3 is 2.65 bits per heavy atom. The molecule has 1 N–H and O–H groups in total. The third-order valence-electron chi connectivity index (χ3n) is 3.99. The quantitative estimate of drug-likeness (QED) is 0.538. The van der Waals surface area contributed by atoms with Gasteiger partial charge in [0.15, 0.2) is 0 Å². The number of thiophene rings is 1. The molecular weight excluding hydrogens is 304 g/mol. The molecule has 0 saturated carbocycles. The van der Waals surface area contributed by atoms with Crippen LogP contribution in [0, 0.1) is 5.41 Å². The van der Waals surface area contributed by atoms with Crippen molar-refractivity contribution in [1.82, 2.24) is 0 Å². The molecular formula is C19H16N2OS. The number of fused-ring (bicyclic) bond motifs is 2. The van der Waals surface area contributed by atoms with Crippen molar-refractivity contribution in [2.75, 3.05) is 19.0 Å². The van der Waals surface area contributed by atoms with Crippen LogP contribution in [0.15, 0.2) is 58.3 Å². The molecule has 1 aromatic heterocycles. The van der Waals surface area contributed by atoms with Gasteiger partial charge in [0, 0.05) is 53.3 Å². The predicted octanol–water partition coefficient (Wildman–Crippen LogP) is 4.81. The molecule has 23 heavy (non-hydrogen) atoms. The van der Waals surface area contributed by atoms with Crippen LogP contribution in [-0.4, -0.2) is 14.1 Å². The lowest BCUT2D eigenvalue weighted by Crippen LogP contribution is -2.08. The normalized spacial score (nSPS) is 11.2. The van der Waals surface area contributed by atoms with Crippen LogP contribution in [0.1, 0.15) is 0 Å². The van der Waals surface area contributed by atoms with Crippen molar-refractivity contribution >= 4 is 28.0 Å². The highest BCUT2D eigenvalue weighted by Gasteiger charge is 2.17. The number of hydrogen-bond donors (Lipinski definition) is 1. The molecule has 0 unspecified atom stereocenters. The Hall–Kier alpha value is -2.59. The van der Waals surface area contributed by atoms with Crippen molar-refractivity contribution in [3.05, 3.63) is 59.3 Å². The third-order valence-corrected chi connectivity index (χ3v) is 4.88. The summed E-state index contributed by atoms with van der Waals surface area (Å²) in [6.07, 6.45) is 0. The number of nitrogens with one attached hydrogen (secondary N) is 1. The summed E-state index contributed by atoms with van der Waals surface area (Å²) in [5, 5.41) is 11.5. The Kier molecular flexibility index (Phi) is 3.20. The second-order valence-corrected chi connectivity index (χ2v) is 6.69. The Bertz CT molecular complexity index is 1020. The lowest BCUT2D eigenvalue weighted by atomic mass is 9.98. The van der Waals surface area contributed by atoms with Crippen LogP contribution in [0.5, 0.6) is 0 Å². The molecule has 0 atom stereocenters. The molecule has 2 aromatic rings. The summed E-state index contributed by atoms with van der Waals surface area (Å²) in [6, 6.07) is 16.1. The molecule has 2 aliphatic rings. The molecule has 0 radical (unpaired) electrons. The minimum atomic E-state index is 0.460. The van der Waals surface area contributed by atoms with Crippen LogP contribution in [0.2, 0.25) is 0 Å². The monoisotopic (exact) mass is 320 g/mol. The predicted molar refractivity (Wildman–Crippen MR) is 96.3 cm³/mol. The van der Waals surface area contributed by atoms with Crippen molar-refractivity contribution in [2.45, 2.75) is 0 Å². The molecule has 1 aromatic carbocycles. The minimum absolute atomic E-state index is 0.460. The standard InChI is InChI=1S/C19H16N2OS/c1-21(2)13-6-8-15-17(11-13)22-16-10-12(20)5-7-14(16)19(15)18-4-3-9-23-18/h3-11,20H,1-2H3. The first-order valence-electron chi connectivity index (χ1n) is 7.40. The Labute approximate surface area is 138 Å². The summed E-state index contributed by atoms with van der Waals surface area (Å²) < 4.78 is 6.11. The van der Waals surface area contributed by atoms with Gasteiger partial charge in [-0.15, -0.1) is 11.3 Å². The molecule has 0 bridgehead atoms. The van der Waals surface area contributed by atoms with Gasteiger partial charge in [-0.3, -0.25) is 0 Å². The van der Waals surface area contributed by atoms with E-state index in [1.54, 1.807) is 17.4 Å². The SMILES string of the molecule is CN(C)c1ccc2c(-c3cccs3)c3ccc(=N)cc-3oc2c1. The number of hydrogen-bond acceptors (Lipinski definition) is 4. The molecule has 4 heteroatoms. The van der Waals surface area contributed by atoms with E-state index in [-0.39, 0.29) is 0 Å². The highest BCUT2D eigenvalue weighted by molar-refractivity contribution is 7.13. The fourth-order valence-electron chi connectivity index (χ4n) is 2.84. The summed E-state index contributed by atoms with van der Waals surface area (Å²) >= 11 is 1.72. The van der Waals surface area contributed by atoms with E-state index in [1.807, 2.05) is 26.2 Å². The van der Waals surface area contributed by atoms with Crippen LogP contribution >= 0.6 is 11.3 Å². The molecule has 114 valence electrons. The maximum absolute atomic E-state index is 7.88. The smallest absolute Gasteiger partial charge is 0.137 e. The fourth-order valence-corrected chi connectivity index (χ4v) is 3.64. The fraction of sp³-hybridized carbons (Fsp3) is 0.105. The molecule has 1 aliphatic carbocycles. The van der Waals surface area contributed by atoms with Gasteiger partial charge in [-0.1, -0.05) is 6.07 Å². The van der Waals surface area contributed by atoms with E-state index in [2.05, 4.69) is 40.6 Å².